The van der Waals surface area contributed by atoms with Gasteiger partial charge in [-0.3, -0.25) is 10.2 Å². The average molecular weight is 186 g/mol. The van der Waals surface area contributed by atoms with Crippen LogP contribution in [0.3, 0.4) is 0 Å². The second-order valence-electron chi connectivity index (χ2n) is 3.63. The van der Waals surface area contributed by atoms with Crippen LogP contribution in [0.5, 0.6) is 0 Å². The number of hydrogen-bond acceptors (Lipinski definition) is 3. The van der Waals surface area contributed by atoms with Crippen LogP contribution in [0.1, 0.15) is 25.7 Å². The van der Waals surface area contributed by atoms with Crippen LogP contribution in [0, 0.1) is 0 Å². The molecule has 3 heteroatoms. The molecule has 12 heavy (non-hydrogen) atoms. The van der Waals surface area contributed by atoms with Crippen molar-refractivity contribution < 1.29 is 0 Å². The zero-order valence-corrected chi connectivity index (χ0v) is 8.41. The van der Waals surface area contributed by atoms with Gasteiger partial charge in [0.25, 0.3) is 0 Å². The molecule has 0 aromatic heterocycles. The molecule has 2 nitrogen and oxygen atoms in total. The van der Waals surface area contributed by atoms with E-state index in [4.69, 9.17) is 0 Å². The molecule has 0 saturated carbocycles. The van der Waals surface area contributed by atoms with Crippen LogP contribution in [0.25, 0.3) is 0 Å². The van der Waals surface area contributed by atoms with E-state index < -0.39 is 0 Å². The number of hydrogen-bond donors (Lipinski definition) is 1. The summed E-state index contributed by atoms with van der Waals surface area (Å²) in [5.41, 5.74) is 0.642. The maximum atomic E-state index is 3.61. The van der Waals surface area contributed by atoms with Crippen LogP contribution in [-0.2, 0) is 0 Å². The van der Waals surface area contributed by atoms with Crippen molar-refractivity contribution >= 4 is 11.8 Å². The summed E-state index contributed by atoms with van der Waals surface area (Å²) in [6.45, 7) is 3.82. The molecule has 0 aromatic carbocycles. The van der Waals surface area contributed by atoms with Gasteiger partial charge in [0.15, 0.2) is 0 Å². The SMILES string of the molecule is C1CCCN2CCSC2NCC1. The second-order valence-corrected chi connectivity index (χ2v) is 4.82. The highest BCUT2D eigenvalue weighted by molar-refractivity contribution is 8.00. The molecule has 2 rings (SSSR count). The molecule has 0 aliphatic carbocycles. The normalized spacial score (nSPS) is 33.5. The van der Waals surface area contributed by atoms with E-state index in [1.807, 2.05) is 0 Å². The Bertz CT molecular complexity index is 126. The number of fused-ring (bicyclic) bond motifs is 1. The maximum Gasteiger partial charge on any atom is 0.108 e. The first-order chi connectivity index (χ1) is 5.97. The maximum absolute atomic E-state index is 3.61. The first-order valence-electron chi connectivity index (χ1n) is 5.06. The lowest BCUT2D eigenvalue weighted by Gasteiger charge is -2.22. The van der Waals surface area contributed by atoms with Gasteiger partial charge in [0.2, 0.25) is 0 Å². The van der Waals surface area contributed by atoms with E-state index in [-0.39, 0.29) is 0 Å². The minimum Gasteiger partial charge on any atom is -0.293 e. The topological polar surface area (TPSA) is 15.3 Å². The lowest BCUT2D eigenvalue weighted by Crippen LogP contribution is -2.39. The van der Waals surface area contributed by atoms with Gasteiger partial charge >= 0.3 is 0 Å². The van der Waals surface area contributed by atoms with E-state index in [9.17, 15) is 0 Å². The number of nitrogens with one attached hydrogen (secondary N) is 1. The van der Waals surface area contributed by atoms with Gasteiger partial charge in [0.1, 0.15) is 5.50 Å². The lowest BCUT2D eigenvalue weighted by atomic mass is 10.2. The van der Waals surface area contributed by atoms with Gasteiger partial charge in [-0.15, -0.1) is 11.8 Å². The van der Waals surface area contributed by atoms with E-state index in [1.54, 1.807) is 0 Å². The zero-order valence-electron chi connectivity index (χ0n) is 7.59. The monoisotopic (exact) mass is 186 g/mol. The van der Waals surface area contributed by atoms with Gasteiger partial charge in [-0.1, -0.05) is 12.8 Å². The van der Waals surface area contributed by atoms with Crippen molar-refractivity contribution in [2.45, 2.75) is 31.2 Å². The first kappa shape index (κ1) is 8.85. The van der Waals surface area contributed by atoms with Crippen LogP contribution in [0.2, 0.25) is 0 Å². The van der Waals surface area contributed by atoms with Crippen LogP contribution in [0.15, 0.2) is 0 Å². The fourth-order valence-corrected chi connectivity index (χ4v) is 3.16. The minimum absolute atomic E-state index is 0.642. The highest BCUT2D eigenvalue weighted by Gasteiger charge is 2.24. The molecular formula is C9H18N2S. The van der Waals surface area contributed by atoms with Gasteiger partial charge < -0.3 is 0 Å². The molecule has 0 amide bonds. The Morgan fingerprint density at radius 2 is 2.00 bits per heavy atom. The highest BCUT2D eigenvalue weighted by atomic mass is 32.2. The molecule has 0 radical (unpaired) electrons. The van der Waals surface area contributed by atoms with Gasteiger partial charge in [-0.2, -0.15) is 0 Å². The summed E-state index contributed by atoms with van der Waals surface area (Å²) in [7, 11) is 0. The van der Waals surface area contributed by atoms with Crippen molar-refractivity contribution in [2.24, 2.45) is 0 Å². The molecule has 2 aliphatic rings. The summed E-state index contributed by atoms with van der Waals surface area (Å²) in [6.07, 6.45) is 5.61. The minimum atomic E-state index is 0.642. The van der Waals surface area contributed by atoms with Crippen LogP contribution in [0.4, 0.5) is 0 Å². The van der Waals surface area contributed by atoms with Crippen LogP contribution < -0.4 is 5.32 Å². The van der Waals surface area contributed by atoms with Crippen molar-refractivity contribution in [3.05, 3.63) is 0 Å². The average Bonchev–Trinajstić information content (AvgIpc) is 2.50. The standard InChI is InChI=1S/C9H18N2S/c1-2-4-6-11-7-8-12-9(11)10-5-3-1/h9-10H,1-8H2. The van der Waals surface area contributed by atoms with Gasteiger partial charge in [-0.25, -0.2) is 0 Å². The van der Waals surface area contributed by atoms with E-state index in [0.29, 0.717) is 5.50 Å². The molecule has 2 fully saturated rings. The fourth-order valence-electron chi connectivity index (χ4n) is 1.94. The Balaban J connectivity index is 1.87. The van der Waals surface area contributed by atoms with Crippen LogP contribution in [-0.4, -0.2) is 35.8 Å². The smallest absolute Gasteiger partial charge is 0.108 e. The third-order valence-corrected chi connectivity index (χ3v) is 3.88. The van der Waals surface area contributed by atoms with E-state index in [0.717, 1.165) is 0 Å². The molecule has 1 atom stereocenters. The highest BCUT2D eigenvalue weighted by Crippen LogP contribution is 2.22. The molecule has 2 heterocycles. The van der Waals surface area contributed by atoms with Gasteiger partial charge in [0, 0.05) is 18.8 Å². The first-order valence-corrected chi connectivity index (χ1v) is 6.11. The predicted molar refractivity (Wildman–Crippen MR) is 54.3 cm³/mol. The third kappa shape index (κ3) is 2.15. The number of thioether (sulfide) groups is 1. The zero-order chi connectivity index (χ0) is 8.23. The molecular weight excluding hydrogens is 168 g/mol. The molecule has 0 spiro atoms. The molecule has 70 valence electrons. The van der Waals surface area contributed by atoms with Crippen LogP contribution >= 0.6 is 11.8 Å². The lowest BCUT2D eigenvalue weighted by molar-refractivity contribution is 0.259. The summed E-state index contributed by atoms with van der Waals surface area (Å²) in [5.74, 6) is 1.32. The molecule has 1 N–H and O–H groups in total. The molecule has 2 aliphatic heterocycles. The summed E-state index contributed by atoms with van der Waals surface area (Å²) in [6, 6.07) is 0. The summed E-state index contributed by atoms with van der Waals surface area (Å²) < 4.78 is 0. The predicted octanol–water partition coefficient (Wildman–Crippen LogP) is 1.48. The Kier molecular flexibility index (Phi) is 3.31. The van der Waals surface area contributed by atoms with Crippen molar-refractivity contribution in [3.8, 4) is 0 Å². The van der Waals surface area contributed by atoms with Crippen molar-refractivity contribution in [1.29, 1.82) is 0 Å². The third-order valence-electron chi connectivity index (χ3n) is 2.68. The van der Waals surface area contributed by atoms with E-state index in [2.05, 4.69) is 22.0 Å². The molecule has 0 aromatic rings. The van der Waals surface area contributed by atoms with E-state index in [1.165, 1.54) is 51.1 Å². The van der Waals surface area contributed by atoms with E-state index >= 15 is 0 Å². The quantitative estimate of drug-likeness (QED) is 0.617. The largest absolute Gasteiger partial charge is 0.293 e. The molecule has 2 saturated heterocycles. The summed E-state index contributed by atoms with van der Waals surface area (Å²) in [5, 5.41) is 3.61. The molecule has 0 bridgehead atoms. The Labute approximate surface area is 79.1 Å². The Morgan fingerprint density at radius 3 is 3.00 bits per heavy atom. The van der Waals surface area contributed by atoms with Gasteiger partial charge in [0.05, 0.1) is 0 Å². The summed E-state index contributed by atoms with van der Waals surface area (Å²) in [4.78, 5) is 2.59. The van der Waals surface area contributed by atoms with Gasteiger partial charge in [-0.05, 0) is 19.4 Å². The van der Waals surface area contributed by atoms with Crippen molar-refractivity contribution in [3.63, 3.8) is 0 Å². The van der Waals surface area contributed by atoms with Crippen molar-refractivity contribution in [2.75, 3.05) is 25.4 Å². The number of rotatable bonds is 0. The second kappa shape index (κ2) is 4.49. The van der Waals surface area contributed by atoms with Crippen molar-refractivity contribution in [1.82, 2.24) is 10.2 Å². The Morgan fingerprint density at radius 1 is 1.08 bits per heavy atom. The Hall–Kier alpha value is 0.270. The number of nitrogens with zero attached hydrogens (tertiary/aromatic N) is 1. The molecule has 1 unspecified atom stereocenters. The fraction of sp³-hybridized carbons (Fsp3) is 1.00. The summed E-state index contributed by atoms with van der Waals surface area (Å²) >= 11 is 2.07.